The van der Waals surface area contributed by atoms with Crippen LogP contribution in [-0.4, -0.2) is 16.6 Å². The molecule has 0 bridgehead atoms. The van der Waals surface area contributed by atoms with Crippen LogP contribution in [0.25, 0.3) is 0 Å². The van der Waals surface area contributed by atoms with Gasteiger partial charge >= 0.3 is 5.51 Å². The van der Waals surface area contributed by atoms with Gasteiger partial charge in [-0.3, -0.25) is 4.79 Å². The molecule has 2 N–H and O–H groups in total. The molecule has 1 rings (SSSR count). The standard InChI is InChI=1S/C10H9BrF3NOS/c11-4-3-8(16)6-1-2-9(7(15)5-6)17-10(12,13)14/h1-2,5H,3-4,15H2. The van der Waals surface area contributed by atoms with Crippen molar-refractivity contribution in [2.45, 2.75) is 16.8 Å². The van der Waals surface area contributed by atoms with Gasteiger partial charge in [0, 0.05) is 27.9 Å². The molecular weight excluding hydrogens is 319 g/mol. The number of hydrogen-bond donors (Lipinski definition) is 1. The second-order valence-electron chi connectivity index (χ2n) is 3.16. The number of halogens is 4. The summed E-state index contributed by atoms with van der Waals surface area (Å²) in [6, 6.07) is 3.85. The number of alkyl halides is 4. The SMILES string of the molecule is Nc1cc(C(=O)CCBr)ccc1SC(F)(F)F. The molecule has 0 spiro atoms. The third kappa shape index (κ3) is 4.59. The predicted octanol–water partition coefficient (Wildman–Crippen LogP) is 3.85. The Morgan fingerprint density at radius 2 is 2.06 bits per heavy atom. The Kier molecular flexibility index (Phi) is 4.88. The summed E-state index contributed by atoms with van der Waals surface area (Å²) in [7, 11) is 0. The van der Waals surface area contributed by atoms with Crippen molar-refractivity contribution in [2.75, 3.05) is 11.1 Å². The maximum atomic E-state index is 12.1. The first-order valence-corrected chi connectivity index (χ1v) is 6.51. The van der Waals surface area contributed by atoms with Gasteiger partial charge in [-0.2, -0.15) is 13.2 Å². The third-order valence-electron chi connectivity index (χ3n) is 1.88. The van der Waals surface area contributed by atoms with Crippen LogP contribution in [0.1, 0.15) is 16.8 Å². The zero-order chi connectivity index (χ0) is 13.1. The number of hydrogen-bond acceptors (Lipinski definition) is 3. The van der Waals surface area contributed by atoms with Crippen molar-refractivity contribution >= 4 is 39.2 Å². The first kappa shape index (κ1) is 14.4. The van der Waals surface area contributed by atoms with Crippen LogP contribution in [-0.2, 0) is 0 Å². The van der Waals surface area contributed by atoms with Crippen LogP contribution >= 0.6 is 27.7 Å². The van der Waals surface area contributed by atoms with Gasteiger partial charge in [0.05, 0.1) is 0 Å². The smallest absolute Gasteiger partial charge is 0.398 e. The summed E-state index contributed by atoms with van der Waals surface area (Å²) in [5, 5.41) is 0.505. The van der Waals surface area contributed by atoms with Crippen molar-refractivity contribution in [3.05, 3.63) is 23.8 Å². The van der Waals surface area contributed by atoms with Crippen molar-refractivity contribution in [3.63, 3.8) is 0 Å². The molecule has 0 heterocycles. The van der Waals surface area contributed by atoms with Gasteiger partial charge in [-0.15, -0.1) is 0 Å². The van der Waals surface area contributed by atoms with Crippen LogP contribution in [0.5, 0.6) is 0 Å². The Labute approximate surface area is 109 Å². The molecule has 0 atom stereocenters. The summed E-state index contributed by atoms with van der Waals surface area (Å²) in [5.41, 5.74) is 1.39. The molecule has 1 aromatic rings. The van der Waals surface area contributed by atoms with E-state index in [0.717, 1.165) is 0 Å². The summed E-state index contributed by atoms with van der Waals surface area (Å²) in [4.78, 5) is 11.4. The number of nitrogens with two attached hydrogens (primary N) is 1. The second-order valence-corrected chi connectivity index (χ2v) is 5.06. The zero-order valence-electron chi connectivity index (χ0n) is 8.55. The highest BCUT2D eigenvalue weighted by Crippen LogP contribution is 2.39. The quantitative estimate of drug-likeness (QED) is 0.395. The first-order valence-electron chi connectivity index (χ1n) is 4.58. The minimum absolute atomic E-state index is 0.0345. The van der Waals surface area contributed by atoms with E-state index in [1.807, 2.05) is 0 Å². The van der Waals surface area contributed by atoms with Crippen molar-refractivity contribution in [1.82, 2.24) is 0 Å². The van der Waals surface area contributed by atoms with E-state index in [4.69, 9.17) is 5.73 Å². The number of ketones is 1. The van der Waals surface area contributed by atoms with E-state index in [9.17, 15) is 18.0 Å². The molecule has 0 aliphatic carbocycles. The highest BCUT2D eigenvalue weighted by Gasteiger charge is 2.30. The minimum atomic E-state index is -4.38. The first-order chi connectivity index (χ1) is 7.83. The molecule has 0 aliphatic heterocycles. The number of anilines is 1. The summed E-state index contributed by atoms with van der Waals surface area (Å²) in [6.07, 6.45) is 0.283. The van der Waals surface area contributed by atoms with E-state index in [1.165, 1.54) is 18.2 Å². The van der Waals surface area contributed by atoms with Gasteiger partial charge in [0.2, 0.25) is 0 Å². The van der Waals surface area contributed by atoms with Crippen molar-refractivity contribution in [2.24, 2.45) is 0 Å². The van der Waals surface area contributed by atoms with Gasteiger partial charge in [-0.25, -0.2) is 0 Å². The van der Waals surface area contributed by atoms with Crippen molar-refractivity contribution < 1.29 is 18.0 Å². The lowest BCUT2D eigenvalue weighted by atomic mass is 10.1. The third-order valence-corrected chi connectivity index (χ3v) is 3.10. The van der Waals surface area contributed by atoms with Crippen molar-refractivity contribution in [3.8, 4) is 0 Å². The maximum absolute atomic E-state index is 12.1. The number of carbonyl (C=O) groups is 1. The van der Waals surface area contributed by atoms with Crippen LogP contribution in [0.2, 0.25) is 0 Å². The Balaban J connectivity index is 2.90. The number of Topliss-reactive ketones (excluding diaryl/α,β-unsaturated/α-hetero) is 1. The molecule has 0 aromatic heterocycles. The molecule has 0 saturated heterocycles. The molecule has 17 heavy (non-hydrogen) atoms. The van der Waals surface area contributed by atoms with Gasteiger partial charge in [0.25, 0.3) is 0 Å². The number of carbonyl (C=O) groups excluding carboxylic acids is 1. The zero-order valence-corrected chi connectivity index (χ0v) is 11.0. The van der Waals surface area contributed by atoms with E-state index in [1.54, 1.807) is 0 Å². The molecule has 0 saturated carbocycles. The largest absolute Gasteiger partial charge is 0.446 e. The van der Waals surface area contributed by atoms with Crippen LogP contribution < -0.4 is 5.73 Å². The van der Waals surface area contributed by atoms with E-state index in [2.05, 4.69) is 15.9 Å². The van der Waals surface area contributed by atoms with E-state index in [-0.39, 0.29) is 34.5 Å². The van der Waals surface area contributed by atoms with Gasteiger partial charge in [-0.1, -0.05) is 22.0 Å². The van der Waals surface area contributed by atoms with Crippen LogP contribution in [0.4, 0.5) is 18.9 Å². The summed E-state index contributed by atoms with van der Waals surface area (Å²) < 4.78 is 36.4. The lowest BCUT2D eigenvalue weighted by Crippen LogP contribution is -2.04. The highest BCUT2D eigenvalue weighted by atomic mass is 79.9. The fourth-order valence-electron chi connectivity index (χ4n) is 1.17. The van der Waals surface area contributed by atoms with Gasteiger partial charge in [0.15, 0.2) is 5.78 Å². The number of rotatable bonds is 4. The Bertz CT molecular complexity index is 423. The van der Waals surface area contributed by atoms with Crippen LogP contribution in [0, 0.1) is 0 Å². The lowest BCUT2D eigenvalue weighted by Gasteiger charge is -2.09. The molecule has 1 aromatic carbocycles. The lowest BCUT2D eigenvalue weighted by molar-refractivity contribution is -0.0327. The maximum Gasteiger partial charge on any atom is 0.446 e. The Morgan fingerprint density at radius 1 is 1.41 bits per heavy atom. The highest BCUT2D eigenvalue weighted by molar-refractivity contribution is 9.09. The van der Waals surface area contributed by atoms with E-state index < -0.39 is 5.51 Å². The van der Waals surface area contributed by atoms with E-state index >= 15 is 0 Å². The van der Waals surface area contributed by atoms with Crippen LogP contribution in [0.15, 0.2) is 23.1 Å². The molecule has 0 amide bonds. The van der Waals surface area contributed by atoms with E-state index in [0.29, 0.717) is 10.9 Å². The fraction of sp³-hybridized carbons (Fsp3) is 0.300. The normalized spacial score (nSPS) is 11.5. The number of benzene rings is 1. The molecule has 0 unspecified atom stereocenters. The fourth-order valence-corrected chi connectivity index (χ4v) is 2.09. The van der Waals surface area contributed by atoms with Gasteiger partial charge in [0.1, 0.15) is 0 Å². The topological polar surface area (TPSA) is 43.1 Å². The van der Waals surface area contributed by atoms with Crippen molar-refractivity contribution in [1.29, 1.82) is 0 Å². The molecule has 94 valence electrons. The molecular formula is C10H9BrF3NOS. The Morgan fingerprint density at radius 3 is 2.53 bits per heavy atom. The molecule has 0 fully saturated rings. The molecule has 0 radical (unpaired) electrons. The number of thioether (sulfide) groups is 1. The molecule has 7 heteroatoms. The minimum Gasteiger partial charge on any atom is -0.398 e. The van der Waals surface area contributed by atoms with Gasteiger partial charge < -0.3 is 5.73 Å². The van der Waals surface area contributed by atoms with Crippen LogP contribution in [0.3, 0.4) is 0 Å². The summed E-state index contributed by atoms with van der Waals surface area (Å²) in [5.74, 6) is -0.155. The van der Waals surface area contributed by atoms with Gasteiger partial charge in [-0.05, 0) is 23.9 Å². The average Bonchev–Trinajstić information content (AvgIpc) is 2.19. The summed E-state index contributed by atoms with van der Waals surface area (Å²) >= 11 is 2.83. The monoisotopic (exact) mass is 327 g/mol. The molecule has 2 nitrogen and oxygen atoms in total. The predicted molar refractivity (Wildman–Crippen MR) is 65.5 cm³/mol. The second kappa shape index (κ2) is 5.77. The summed E-state index contributed by atoms with van der Waals surface area (Å²) in [6.45, 7) is 0. The Hall–Kier alpha value is -0.690. The molecule has 0 aliphatic rings. The average molecular weight is 328 g/mol. The number of nitrogen functional groups attached to an aromatic ring is 1.